The van der Waals surface area contributed by atoms with Crippen molar-refractivity contribution in [2.24, 2.45) is 0 Å². The smallest absolute Gasteiger partial charge is 0.343 e. The molecule has 1 aromatic carbocycles. The van der Waals surface area contributed by atoms with Gasteiger partial charge < -0.3 is 19.7 Å². The van der Waals surface area contributed by atoms with Gasteiger partial charge in [-0.05, 0) is 51.1 Å². The van der Waals surface area contributed by atoms with E-state index in [0.29, 0.717) is 17.8 Å². The van der Waals surface area contributed by atoms with Gasteiger partial charge in [-0.2, -0.15) is 0 Å². The molecule has 1 fully saturated rings. The third-order valence-corrected chi connectivity index (χ3v) is 4.02. The van der Waals surface area contributed by atoms with Crippen molar-refractivity contribution >= 4 is 11.7 Å². The average molecular weight is 292 g/mol. The molecule has 1 aliphatic rings. The van der Waals surface area contributed by atoms with E-state index in [1.54, 1.807) is 0 Å². The highest BCUT2D eigenvalue weighted by Crippen LogP contribution is 2.21. The molecule has 0 aliphatic carbocycles. The van der Waals surface area contributed by atoms with Gasteiger partial charge >= 0.3 is 5.97 Å². The Kier molecular flexibility index (Phi) is 5.44. The Labute approximate surface area is 126 Å². The molecule has 0 amide bonds. The number of rotatable bonds is 5. The van der Waals surface area contributed by atoms with Crippen molar-refractivity contribution < 1.29 is 14.3 Å². The minimum atomic E-state index is -0.377. The number of piperidine rings is 1. The van der Waals surface area contributed by atoms with Crippen molar-refractivity contribution in [2.75, 3.05) is 32.6 Å². The molecule has 1 aliphatic heterocycles. The maximum absolute atomic E-state index is 11.0. The van der Waals surface area contributed by atoms with Crippen molar-refractivity contribution in [3.05, 3.63) is 24.3 Å². The fourth-order valence-electron chi connectivity index (χ4n) is 2.50. The second-order valence-electron chi connectivity index (χ2n) is 5.58. The van der Waals surface area contributed by atoms with Gasteiger partial charge in [-0.15, -0.1) is 0 Å². The topological polar surface area (TPSA) is 50.8 Å². The minimum absolute atomic E-state index is 0.0598. The summed E-state index contributed by atoms with van der Waals surface area (Å²) in [4.78, 5) is 13.4. The second-order valence-corrected chi connectivity index (χ2v) is 5.58. The molecule has 2 atom stereocenters. The van der Waals surface area contributed by atoms with Gasteiger partial charge in [0.2, 0.25) is 0 Å². The molecule has 0 radical (unpaired) electrons. The largest absolute Gasteiger partial charge is 0.482 e. The van der Waals surface area contributed by atoms with Crippen LogP contribution in [-0.2, 0) is 9.53 Å². The Morgan fingerprint density at radius 2 is 2.10 bits per heavy atom. The molecular weight excluding hydrogens is 268 g/mol. The molecule has 5 nitrogen and oxygen atoms in total. The van der Waals surface area contributed by atoms with Crippen LogP contribution in [0.2, 0.25) is 0 Å². The summed E-state index contributed by atoms with van der Waals surface area (Å²) in [6.45, 7) is 3.33. The molecule has 0 spiro atoms. The monoisotopic (exact) mass is 292 g/mol. The zero-order valence-corrected chi connectivity index (χ0v) is 13.0. The highest BCUT2D eigenvalue weighted by molar-refractivity contribution is 5.70. The van der Waals surface area contributed by atoms with Gasteiger partial charge in [-0.25, -0.2) is 4.79 Å². The highest BCUT2D eigenvalue weighted by Gasteiger charge is 2.22. The Morgan fingerprint density at radius 1 is 1.38 bits per heavy atom. The average Bonchev–Trinajstić information content (AvgIpc) is 2.50. The van der Waals surface area contributed by atoms with Crippen molar-refractivity contribution in [2.45, 2.75) is 31.8 Å². The molecular formula is C16H24N2O3. The first-order chi connectivity index (χ1) is 10.1. The molecule has 1 N–H and O–H groups in total. The number of anilines is 1. The van der Waals surface area contributed by atoms with E-state index in [1.165, 1.54) is 7.11 Å². The summed E-state index contributed by atoms with van der Waals surface area (Å²) >= 11 is 0. The van der Waals surface area contributed by atoms with Gasteiger partial charge in [-0.1, -0.05) is 0 Å². The molecule has 1 saturated heterocycles. The number of nitrogens with one attached hydrogen (secondary N) is 1. The van der Waals surface area contributed by atoms with E-state index in [1.807, 2.05) is 24.3 Å². The fourth-order valence-corrected chi connectivity index (χ4v) is 2.50. The maximum Gasteiger partial charge on any atom is 0.343 e. The SMILES string of the molecule is COC(=O)COc1ccc(NC2CCN(C)C(C)C2)cc1. The summed E-state index contributed by atoms with van der Waals surface area (Å²) in [5.74, 6) is 0.292. The summed E-state index contributed by atoms with van der Waals surface area (Å²) in [6, 6.07) is 8.82. The minimum Gasteiger partial charge on any atom is -0.482 e. The maximum atomic E-state index is 11.0. The molecule has 2 rings (SSSR count). The zero-order chi connectivity index (χ0) is 15.2. The van der Waals surface area contributed by atoms with E-state index in [-0.39, 0.29) is 12.6 Å². The van der Waals surface area contributed by atoms with Gasteiger partial charge in [0.1, 0.15) is 5.75 Å². The van der Waals surface area contributed by atoms with Crippen LogP contribution in [0.1, 0.15) is 19.8 Å². The van der Waals surface area contributed by atoms with Crippen LogP contribution in [0.25, 0.3) is 0 Å². The fraction of sp³-hybridized carbons (Fsp3) is 0.562. The molecule has 2 unspecified atom stereocenters. The van der Waals surface area contributed by atoms with E-state index in [0.717, 1.165) is 25.1 Å². The Hall–Kier alpha value is -1.75. The molecule has 1 heterocycles. The second kappa shape index (κ2) is 7.31. The van der Waals surface area contributed by atoms with E-state index in [4.69, 9.17) is 4.74 Å². The lowest BCUT2D eigenvalue weighted by atomic mass is 9.99. The molecule has 5 heteroatoms. The van der Waals surface area contributed by atoms with Gasteiger partial charge in [0.25, 0.3) is 0 Å². The van der Waals surface area contributed by atoms with Crippen molar-refractivity contribution in [1.29, 1.82) is 0 Å². The van der Waals surface area contributed by atoms with Crippen LogP contribution in [0, 0.1) is 0 Å². The molecule has 116 valence electrons. The number of ether oxygens (including phenoxy) is 2. The summed E-state index contributed by atoms with van der Waals surface area (Å²) in [7, 11) is 3.52. The molecule has 0 aromatic heterocycles. The van der Waals surface area contributed by atoms with Crippen molar-refractivity contribution in [3.63, 3.8) is 0 Å². The highest BCUT2D eigenvalue weighted by atomic mass is 16.6. The van der Waals surface area contributed by atoms with Crippen LogP contribution in [-0.4, -0.2) is 50.3 Å². The Bertz CT molecular complexity index is 461. The summed E-state index contributed by atoms with van der Waals surface area (Å²) < 4.78 is 9.86. The third kappa shape index (κ3) is 4.63. The van der Waals surface area contributed by atoms with Crippen LogP contribution in [0.5, 0.6) is 5.75 Å². The van der Waals surface area contributed by atoms with Crippen molar-refractivity contribution in [3.8, 4) is 5.75 Å². The number of likely N-dealkylation sites (tertiary alicyclic amines) is 1. The first kappa shape index (κ1) is 15.6. The van der Waals surface area contributed by atoms with Crippen LogP contribution in [0.4, 0.5) is 5.69 Å². The first-order valence-corrected chi connectivity index (χ1v) is 7.35. The predicted octanol–water partition coefficient (Wildman–Crippen LogP) is 2.13. The zero-order valence-electron chi connectivity index (χ0n) is 13.0. The number of nitrogens with zero attached hydrogens (tertiary/aromatic N) is 1. The summed E-state index contributed by atoms with van der Waals surface area (Å²) in [5.41, 5.74) is 1.09. The third-order valence-electron chi connectivity index (χ3n) is 4.02. The number of esters is 1. The predicted molar refractivity (Wildman–Crippen MR) is 82.7 cm³/mol. The lowest BCUT2D eigenvalue weighted by Gasteiger charge is -2.35. The van der Waals surface area contributed by atoms with Gasteiger partial charge in [0.15, 0.2) is 6.61 Å². The van der Waals surface area contributed by atoms with E-state index < -0.39 is 0 Å². The van der Waals surface area contributed by atoms with Gasteiger partial charge in [-0.3, -0.25) is 0 Å². The quantitative estimate of drug-likeness (QED) is 0.843. The number of methoxy groups -OCH3 is 1. The number of hydrogen-bond acceptors (Lipinski definition) is 5. The van der Waals surface area contributed by atoms with E-state index >= 15 is 0 Å². The van der Waals surface area contributed by atoms with Gasteiger partial charge in [0.05, 0.1) is 7.11 Å². The number of benzene rings is 1. The molecule has 0 saturated carbocycles. The first-order valence-electron chi connectivity index (χ1n) is 7.35. The summed E-state index contributed by atoms with van der Waals surface area (Å²) in [5, 5.41) is 3.56. The lowest BCUT2D eigenvalue weighted by Crippen LogP contribution is -2.42. The van der Waals surface area contributed by atoms with Crippen molar-refractivity contribution in [1.82, 2.24) is 4.90 Å². The summed E-state index contributed by atoms with van der Waals surface area (Å²) in [6.07, 6.45) is 2.30. The van der Waals surface area contributed by atoms with Crippen LogP contribution < -0.4 is 10.1 Å². The number of carbonyl (C=O) groups is 1. The number of hydrogen-bond donors (Lipinski definition) is 1. The van der Waals surface area contributed by atoms with E-state index in [9.17, 15) is 4.79 Å². The molecule has 1 aromatic rings. The normalized spacial score (nSPS) is 22.6. The van der Waals surface area contributed by atoms with E-state index in [2.05, 4.69) is 28.9 Å². The Balaban J connectivity index is 1.83. The van der Waals surface area contributed by atoms with Gasteiger partial charge in [0, 0.05) is 24.3 Å². The van der Waals surface area contributed by atoms with Crippen LogP contribution in [0.3, 0.4) is 0 Å². The molecule has 21 heavy (non-hydrogen) atoms. The van der Waals surface area contributed by atoms with Crippen LogP contribution in [0.15, 0.2) is 24.3 Å². The lowest BCUT2D eigenvalue weighted by molar-refractivity contribution is -0.142. The standard InChI is InChI=1S/C16H24N2O3/c1-12-10-14(8-9-18(12)2)17-13-4-6-15(7-5-13)21-11-16(19)20-3/h4-7,12,14,17H,8-11H2,1-3H3. The Morgan fingerprint density at radius 3 is 2.71 bits per heavy atom. The molecule has 0 bridgehead atoms. The van der Waals surface area contributed by atoms with Crippen LogP contribution >= 0.6 is 0 Å². The number of carbonyl (C=O) groups excluding carboxylic acids is 1.